The highest BCUT2D eigenvalue weighted by Crippen LogP contribution is 2.10. The maximum atomic E-state index is 12.7. The summed E-state index contributed by atoms with van der Waals surface area (Å²) in [6, 6.07) is 7.04. The molecular formula is C16H18FN3O3. The molecule has 0 fully saturated rings. The van der Waals surface area contributed by atoms with E-state index in [0.717, 1.165) is 0 Å². The molecule has 7 heteroatoms. The number of ether oxygens (including phenoxy) is 1. The van der Waals surface area contributed by atoms with Crippen molar-refractivity contribution in [2.75, 3.05) is 13.2 Å². The van der Waals surface area contributed by atoms with E-state index in [2.05, 4.69) is 10.3 Å². The summed E-state index contributed by atoms with van der Waals surface area (Å²) in [6.07, 6.45) is 2.04. The number of hydrogen-bond donors (Lipinski definition) is 1. The number of aryl methyl sites for hydroxylation is 1. The van der Waals surface area contributed by atoms with Crippen molar-refractivity contribution in [3.05, 3.63) is 58.5 Å². The highest BCUT2D eigenvalue weighted by molar-refractivity contribution is 5.75. The summed E-state index contributed by atoms with van der Waals surface area (Å²) in [5.41, 5.74) is 0.439. The van der Waals surface area contributed by atoms with Crippen molar-refractivity contribution in [3.8, 4) is 5.75 Å². The predicted octanol–water partition coefficient (Wildman–Crippen LogP) is 1.14. The van der Waals surface area contributed by atoms with Crippen molar-refractivity contribution < 1.29 is 13.9 Å². The number of carbonyl (C=O) groups is 1. The zero-order chi connectivity index (χ0) is 16.7. The van der Waals surface area contributed by atoms with Crippen LogP contribution in [0.25, 0.3) is 0 Å². The molecule has 1 amide bonds. The highest BCUT2D eigenvalue weighted by atomic mass is 19.1. The summed E-state index contributed by atoms with van der Waals surface area (Å²) >= 11 is 0. The smallest absolute Gasteiger partial charge is 0.253 e. The minimum absolute atomic E-state index is 0.0909. The van der Waals surface area contributed by atoms with Crippen LogP contribution in [0.5, 0.6) is 5.75 Å². The Kier molecular flexibility index (Phi) is 5.85. The number of halogens is 1. The van der Waals surface area contributed by atoms with Gasteiger partial charge in [0.2, 0.25) is 5.91 Å². The van der Waals surface area contributed by atoms with Crippen LogP contribution in [0.3, 0.4) is 0 Å². The molecule has 0 atom stereocenters. The van der Waals surface area contributed by atoms with Crippen LogP contribution < -0.4 is 15.6 Å². The van der Waals surface area contributed by atoms with Crippen molar-refractivity contribution in [1.29, 1.82) is 0 Å². The third kappa shape index (κ3) is 5.21. The molecule has 0 unspecified atom stereocenters. The van der Waals surface area contributed by atoms with Crippen LogP contribution in [-0.4, -0.2) is 28.6 Å². The number of rotatable bonds is 7. The molecule has 122 valence electrons. The van der Waals surface area contributed by atoms with Gasteiger partial charge in [0.05, 0.1) is 12.9 Å². The Hall–Kier alpha value is -2.70. The van der Waals surface area contributed by atoms with Gasteiger partial charge in [0.1, 0.15) is 24.7 Å². The van der Waals surface area contributed by atoms with E-state index in [1.54, 1.807) is 0 Å². The Morgan fingerprint density at radius 1 is 1.35 bits per heavy atom. The fourth-order valence-corrected chi connectivity index (χ4v) is 1.88. The van der Waals surface area contributed by atoms with E-state index in [1.165, 1.54) is 41.2 Å². The largest absolute Gasteiger partial charge is 0.492 e. The zero-order valence-corrected chi connectivity index (χ0v) is 12.8. The second-order valence-corrected chi connectivity index (χ2v) is 4.85. The van der Waals surface area contributed by atoms with Crippen LogP contribution in [0.4, 0.5) is 4.39 Å². The third-order valence-corrected chi connectivity index (χ3v) is 3.12. The molecule has 0 bridgehead atoms. The van der Waals surface area contributed by atoms with Crippen LogP contribution in [0, 0.1) is 5.82 Å². The second-order valence-electron chi connectivity index (χ2n) is 4.85. The van der Waals surface area contributed by atoms with Gasteiger partial charge >= 0.3 is 0 Å². The standard InChI is InChI=1S/C16H18FN3O3/c1-2-13-9-16(22)20(11-19-13)10-15(21)18-7-8-23-14-5-3-12(17)4-6-14/h3-6,9,11H,2,7-8,10H2,1H3,(H,18,21). The third-order valence-electron chi connectivity index (χ3n) is 3.12. The minimum atomic E-state index is -0.334. The van der Waals surface area contributed by atoms with E-state index in [0.29, 0.717) is 17.9 Å². The lowest BCUT2D eigenvalue weighted by Gasteiger charge is -2.09. The summed E-state index contributed by atoms with van der Waals surface area (Å²) in [4.78, 5) is 27.6. The molecule has 0 saturated heterocycles. The van der Waals surface area contributed by atoms with Crippen molar-refractivity contribution in [3.63, 3.8) is 0 Å². The molecule has 6 nitrogen and oxygen atoms in total. The van der Waals surface area contributed by atoms with E-state index < -0.39 is 0 Å². The van der Waals surface area contributed by atoms with Crippen LogP contribution in [0.2, 0.25) is 0 Å². The first-order valence-corrected chi connectivity index (χ1v) is 7.29. The predicted molar refractivity (Wildman–Crippen MR) is 82.8 cm³/mol. The SMILES string of the molecule is CCc1cc(=O)n(CC(=O)NCCOc2ccc(F)cc2)cn1. The Morgan fingerprint density at radius 3 is 2.74 bits per heavy atom. The van der Waals surface area contributed by atoms with Crippen molar-refractivity contribution in [2.24, 2.45) is 0 Å². The van der Waals surface area contributed by atoms with Gasteiger partial charge in [0, 0.05) is 11.8 Å². The Balaban J connectivity index is 1.75. The highest BCUT2D eigenvalue weighted by Gasteiger charge is 2.05. The first-order chi connectivity index (χ1) is 11.1. The van der Waals surface area contributed by atoms with E-state index in [-0.39, 0.29) is 37.0 Å². The van der Waals surface area contributed by atoms with Gasteiger partial charge < -0.3 is 10.1 Å². The number of aromatic nitrogens is 2. The Labute approximate surface area is 132 Å². The fourth-order valence-electron chi connectivity index (χ4n) is 1.88. The van der Waals surface area contributed by atoms with Gasteiger partial charge in [-0.3, -0.25) is 14.2 Å². The van der Waals surface area contributed by atoms with Gasteiger partial charge in [-0.25, -0.2) is 9.37 Å². The Morgan fingerprint density at radius 2 is 2.09 bits per heavy atom. The normalized spacial score (nSPS) is 10.3. The second kappa shape index (κ2) is 8.07. The van der Waals surface area contributed by atoms with Gasteiger partial charge in [0.25, 0.3) is 5.56 Å². The van der Waals surface area contributed by atoms with Crippen molar-refractivity contribution in [2.45, 2.75) is 19.9 Å². The van der Waals surface area contributed by atoms with E-state index in [4.69, 9.17) is 4.74 Å². The number of benzene rings is 1. The van der Waals surface area contributed by atoms with Crippen LogP contribution in [-0.2, 0) is 17.8 Å². The van der Waals surface area contributed by atoms with Gasteiger partial charge in [-0.1, -0.05) is 6.92 Å². The van der Waals surface area contributed by atoms with Gasteiger partial charge in [-0.15, -0.1) is 0 Å². The molecule has 1 aromatic carbocycles. The number of hydrogen-bond acceptors (Lipinski definition) is 4. The minimum Gasteiger partial charge on any atom is -0.492 e. The van der Waals surface area contributed by atoms with Crippen LogP contribution in [0.1, 0.15) is 12.6 Å². The molecule has 1 heterocycles. The molecular weight excluding hydrogens is 301 g/mol. The van der Waals surface area contributed by atoms with Crippen molar-refractivity contribution in [1.82, 2.24) is 14.9 Å². The van der Waals surface area contributed by atoms with E-state index in [1.807, 2.05) is 6.92 Å². The first-order valence-electron chi connectivity index (χ1n) is 7.29. The maximum Gasteiger partial charge on any atom is 0.253 e. The summed E-state index contributed by atoms with van der Waals surface area (Å²) in [7, 11) is 0. The summed E-state index contributed by atoms with van der Waals surface area (Å²) < 4.78 is 19.3. The lowest BCUT2D eigenvalue weighted by Crippen LogP contribution is -2.34. The maximum absolute atomic E-state index is 12.7. The molecule has 1 N–H and O–H groups in total. The monoisotopic (exact) mass is 319 g/mol. The molecule has 0 aliphatic carbocycles. The van der Waals surface area contributed by atoms with Gasteiger partial charge in [0.15, 0.2) is 0 Å². The molecule has 23 heavy (non-hydrogen) atoms. The van der Waals surface area contributed by atoms with Gasteiger partial charge in [-0.2, -0.15) is 0 Å². The summed E-state index contributed by atoms with van der Waals surface area (Å²) in [6.45, 7) is 2.34. The number of carbonyl (C=O) groups excluding carboxylic acids is 1. The number of nitrogens with zero attached hydrogens (tertiary/aromatic N) is 2. The topological polar surface area (TPSA) is 73.2 Å². The Bertz CT molecular complexity index is 713. The summed E-state index contributed by atoms with van der Waals surface area (Å²) in [5.74, 6) is -0.115. The van der Waals surface area contributed by atoms with Crippen LogP contribution >= 0.6 is 0 Å². The first kappa shape index (κ1) is 16.7. The molecule has 0 aliphatic heterocycles. The molecule has 0 saturated carbocycles. The van der Waals surface area contributed by atoms with Crippen molar-refractivity contribution >= 4 is 5.91 Å². The molecule has 1 aromatic heterocycles. The zero-order valence-electron chi connectivity index (χ0n) is 12.8. The number of amides is 1. The van der Waals surface area contributed by atoms with E-state index >= 15 is 0 Å². The average Bonchev–Trinajstić information content (AvgIpc) is 2.55. The van der Waals surface area contributed by atoms with Crippen LogP contribution in [0.15, 0.2) is 41.5 Å². The lowest BCUT2D eigenvalue weighted by molar-refractivity contribution is -0.121. The lowest BCUT2D eigenvalue weighted by atomic mass is 10.3. The molecule has 0 aliphatic rings. The molecule has 2 aromatic rings. The quantitative estimate of drug-likeness (QED) is 0.777. The number of nitrogens with one attached hydrogen (secondary N) is 1. The van der Waals surface area contributed by atoms with E-state index in [9.17, 15) is 14.0 Å². The molecule has 2 rings (SSSR count). The molecule has 0 radical (unpaired) electrons. The van der Waals surface area contributed by atoms with Gasteiger partial charge in [-0.05, 0) is 30.7 Å². The fraction of sp³-hybridized carbons (Fsp3) is 0.312. The summed E-state index contributed by atoms with van der Waals surface area (Å²) in [5, 5.41) is 2.64. The average molecular weight is 319 g/mol. The molecule has 0 spiro atoms.